The Morgan fingerprint density at radius 2 is 2.07 bits per heavy atom. The molecule has 0 spiro atoms. The number of halogens is 2. The van der Waals surface area contributed by atoms with Gasteiger partial charge in [-0.1, -0.05) is 31.0 Å². The smallest absolute Gasteiger partial charge is 0.226 e. The van der Waals surface area contributed by atoms with E-state index in [4.69, 9.17) is 11.6 Å². The van der Waals surface area contributed by atoms with Gasteiger partial charge in [-0.2, -0.15) is 0 Å². The van der Waals surface area contributed by atoms with E-state index in [0.717, 1.165) is 37.8 Å². The van der Waals surface area contributed by atoms with Crippen molar-refractivity contribution in [3.63, 3.8) is 0 Å². The van der Waals surface area contributed by atoms with Crippen LogP contribution in [0.2, 0.25) is 5.02 Å². The van der Waals surface area contributed by atoms with Gasteiger partial charge >= 0.3 is 0 Å². The Hall–Kier alpha value is -0.870. The lowest BCUT2D eigenvalue weighted by atomic mass is 9.95. The summed E-state index contributed by atoms with van der Waals surface area (Å²) in [5.74, 6) is 1.30. The second-order valence-corrected chi connectivity index (χ2v) is 9.75. The fourth-order valence-corrected chi connectivity index (χ4v) is 5.10. The SMILES string of the molecule is CCNC(=NCCC(=O)Nc1ccc(C)cc1Cl)NC1CCCC(S(=O)CC)C1.I. The van der Waals surface area contributed by atoms with Gasteiger partial charge in [-0.05, 0) is 50.8 Å². The van der Waals surface area contributed by atoms with Gasteiger partial charge in [-0.25, -0.2) is 0 Å². The van der Waals surface area contributed by atoms with Crippen LogP contribution in [0, 0.1) is 6.92 Å². The molecule has 0 aromatic heterocycles. The molecule has 6 nitrogen and oxygen atoms in total. The second kappa shape index (κ2) is 14.2. The standard InChI is InChI=1S/C21H33ClN4O2S.HI/c1-4-23-21(25-16-7-6-8-17(14-16)29(28)5-2)24-12-11-20(27)26-19-10-9-15(3)13-18(19)22;/h9-10,13,16-17H,4-8,11-12,14H2,1-3H3,(H,26,27)(H2,23,24,25);1H. The number of amides is 1. The van der Waals surface area contributed by atoms with Crippen LogP contribution >= 0.6 is 35.6 Å². The highest BCUT2D eigenvalue weighted by molar-refractivity contribution is 14.0. The van der Waals surface area contributed by atoms with E-state index in [1.165, 1.54) is 0 Å². The first-order valence-corrected chi connectivity index (χ1v) is 12.2. The van der Waals surface area contributed by atoms with Gasteiger partial charge in [0.05, 0.1) is 17.3 Å². The van der Waals surface area contributed by atoms with Gasteiger partial charge in [0, 0.05) is 40.8 Å². The lowest BCUT2D eigenvalue weighted by molar-refractivity contribution is -0.116. The van der Waals surface area contributed by atoms with Crippen LogP contribution in [-0.2, 0) is 15.6 Å². The van der Waals surface area contributed by atoms with Crippen molar-refractivity contribution in [2.24, 2.45) is 4.99 Å². The average Bonchev–Trinajstić information content (AvgIpc) is 2.70. The lowest BCUT2D eigenvalue weighted by Crippen LogP contribution is -2.46. The molecule has 1 aliphatic rings. The topological polar surface area (TPSA) is 82.6 Å². The largest absolute Gasteiger partial charge is 0.357 e. The van der Waals surface area contributed by atoms with Gasteiger partial charge < -0.3 is 16.0 Å². The molecule has 1 fully saturated rings. The molecule has 170 valence electrons. The molecule has 1 saturated carbocycles. The fraction of sp³-hybridized carbons (Fsp3) is 0.619. The number of benzene rings is 1. The van der Waals surface area contributed by atoms with Crippen molar-refractivity contribution < 1.29 is 9.00 Å². The van der Waals surface area contributed by atoms with E-state index in [1.807, 2.05) is 39.0 Å². The summed E-state index contributed by atoms with van der Waals surface area (Å²) in [6, 6.07) is 5.81. The molecule has 9 heteroatoms. The van der Waals surface area contributed by atoms with Gasteiger partial charge in [-0.15, -0.1) is 24.0 Å². The monoisotopic (exact) mass is 568 g/mol. The van der Waals surface area contributed by atoms with Crippen LogP contribution in [0.4, 0.5) is 5.69 Å². The van der Waals surface area contributed by atoms with Crippen LogP contribution < -0.4 is 16.0 Å². The zero-order chi connectivity index (χ0) is 21.2. The molecule has 1 aliphatic carbocycles. The summed E-state index contributed by atoms with van der Waals surface area (Å²) < 4.78 is 12.1. The van der Waals surface area contributed by atoms with E-state index in [0.29, 0.717) is 29.0 Å². The number of carbonyl (C=O) groups excluding carboxylic acids is 1. The van der Waals surface area contributed by atoms with Gasteiger partial charge in [0.25, 0.3) is 0 Å². The van der Waals surface area contributed by atoms with E-state index >= 15 is 0 Å². The Morgan fingerprint density at radius 1 is 1.30 bits per heavy atom. The number of nitrogens with one attached hydrogen (secondary N) is 3. The fourth-order valence-electron chi connectivity index (χ4n) is 3.47. The molecule has 3 N–H and O–H groups in total. The molecular formula is C21H34ClIN4O2S. The van der Waals surface area contributed by atoms with E-state index in [1.54, 1.807) is 0 Å². The van der Waals surface area contributed by atoms with Crippen LogP contribution in [0.3, 0.4) is 0 Å². The molecule has 2 rings (SSSR count). The number of aliphatic imine (C=N–C) groups is 1. The molecule has 30 heavy (non-hydrogen) atoms. The van der Waals surface area contributed by atoms with Crippen molar-refractivity contribution in [2.45, 2.75) is 64.2 Å². The Bertz CT molecular complexity index is 748. The van der Waals surface area contributed by atoms with Crippen molar-refractivity contribution in [3.05, 3.63) is 28.8 Å². The summed E-state index contributed by atoms with van der Waals surface area (Å²) in [7, 11) is -0.751. The molecule has 0 saturated heterocycles. The summed E-state index contributed by atoms with van der Waals surface area (Å²) in [5.41, 5.74) is 1.67. The first-order valence-electron chi connectivity index (χ1n) is 10.4. The molecule has 0 bridgehead atoms. The maximum atomic E-state index is 12.2. The Labute approximate surface area is 204 Å². The summed E-state index contributed by atoms with van der Waals surface area (Å²) in [5, 5.41) is 10.3. The first kappa shape index (κ1) is 27.2. The summed E-state index contributed by atoms with van der Waals surface area (Å²) >= 11 is 6.17. The van der Waals surface area contributed by atoms with Gasteiger partial charge in [-0.3, -0.25) is 14.0 Å². The zero-order valence-electron chi connectivity index (χ0n) is 18.0. The van der Waals surface area contributed by atoms with Crippen molar-refractivity contribution in [3.8, 4) is 0 Å². The van der Waals surface area contributed by atoms with Crippen molar-refractivity contribution in [2.75, 3.05) is 24.2 Å². The number of aryl methyl sites for hydroxylation is 1. The predicted molar refractivity (Wildman–Crippen MR) is 139 cm³/mol. The minimum atomic E-state index is -0.751. The van der Waals surface area contributed by atoms with Crippen molar-refractivity contribution in [1.29, 1.82) is 0 Å². The molecule has 1 aromatic carbocycles. The number of carbonyl (C=O) groups is 1. The lowest BCUT2D eigenvalue weighted by Gasteiger charge is -2.30. The highest BCUT2D eigenvalue weighted by atomic mass is 127. The van der Waals surface area contributed by atoms with Gasteiger partial charge in [0.2, 0.25) is 5.91 Å². The summed E-state index contributed by atoms with van der Waals surface area (Å²) in [6.07, 6.45) is 4.33. The van der Waals surface area contributed by atoms with Crippen LogP contribution in [-0.4, -0.2) is 46.2 Å². The Kier molecular flexibility index (Phi) is 12.9. The molecule has 3 unspecified atom stereocenters. The average molecular weight is 569 g/mol. The maximum absolute atomic E-state index is 12.2. The number of guanidine groups is 1. The normalized spacial score (nSPS) is 20.1. The molecular weight excluding hydrogens is 535 g/mol. The number of nitrogens with zero attached hydrogens (tertiary/aromatic N) is 1. The van der Waals surface area contributed by atoms with Crippen LogP contribution in [0.5, 0.6) is 0 Å². The van der Waals surface area contributed by atoms with Crippen molar-refractivity contribution in [1.82, 2.24) is 10.6 Å². The number of hydrogen-bond acceptors (Lipinski definition) is 3. The van der Waals surface area contributed by atoms with Crippen molar-refractivity contribution >= 4 is 63.9 Å². The Morgan fingerprint density at radius 3 is 2.73 bits per heavy atom. The maximum Gasteiger partial charge on any atom is 0.226 e. The Balaban J connectivity index is 0.00000450. The minimum Gasteiger partial charge on any atom is -0.357 e. The highest BCUT2D eigenvalue weighted by Gasteiger charge is 2.26. The third-order valence-corrected chi connectivity index (χ3v) is 7.03. The van der Waals surface area contributed by atoms with Crippen LogP contribution in [0.15, 0.2) is 23.2 Å². The third-order valence-electron chi connectivity index (χ3n) is 4.97. The summed E-state index contributed by atoms with van der Waals surface area (Å²) in [4.78, 5) is 16.8. The zero-order valence-corrected chi connectivity index (χ0v) is 21.9. The molecule has 1 aromatic rings. The molecule has 0 heterocycles. The molecule has 3 atom stereocenters. The number of anilines is 1. The van der Waals surface area contributed by atoms with Crippen LogP contribution in [0.1, 0.15) is 51.5 Å². The predicted octanol–water partition coefficient (Wildman–Crippen LogP) is 4.23. The first-order chi connectivity index (χ1) is 13.9. The highest BCUT2D eigenvalue weighted by Crippen LogP contribution is 2.23. The van der Waals surface area contributed by atoms with E-state index in [2.05, 4.69) is 20.9 Å². The molecule has 0 radical (unpaired) electrons. The minimum absolute atomic E-state index is 0. The molecule has 1 amide bonds. The van der Waals surface area contributed by atoms with E-state index < -0.39 is 10.8 Å². The second-order valence-electron chi connectivity index (χ2n) is 7.34. The quantitative estimate of drug-likeness (QED) is 0.249. The molecule has 0 aliphatic heterocycles. The number of hydrogen-bond donors (Lipinski definition) is 3. The van der Waals surface area contributed by atoms with E-state index in [9.17, 15) is 9.00 Å². The third kappa shape index (κ3) is 9.09. The summed E-state index contributed by atoms with van der Waals surface area (Å²) in [6.45, 7) is 7.07. The number of rotatable bonds is 8. The van der Waals surface area contributed by atoms with Crippen LogP contribution in [0.25, 0.3) is 0 Å². The van der Waals surface area contributed by atoms with Gasteiger partial charge in [0.1, 0.15) is 0 Å². The van der Waals surface area contributed by atoms with E-state index in [-0.39, 0.29) is 47.6 Å². The van der Waals surface area contributed by atoms with Gasteiger partial charge in [0.15, 0.2) is 5.96 Å².